The van der Waals surface area contributed by atoms with E-state index >= 15 is 0 Å². The van der Waals surface area contributed by atoms with Crippen LogP contribution < -0.4 is 11.3 Å². The second-order valence-electron chi connectivity index (χ2n) is 4.57. The van der Waals surface area contributed by atoms with Crippen LogP contribution in [0.4, 0.5) is 5.82 Å². The molecule has 17 heavy (non-hydrogen) atoms. The van der Waals surface area contributed by atoms with Crippen molar-refractivity contribution < 1.29 is 0 Å². The van der Waals surface area contributed by atoms with E-state index in [9.17, 15) is 0 Å². The highest BCUT2D eigenvalue weighted by atomic mass is 15.4. The van der Waals surface area contributed by atoms with E-state index in [-0.39, 0.29) is 0 Å². The van der Waals surface area contributed by atoms with Crippen LogP contribution in [0.15, 0.2) is 0 Å². The molecule has 0 bridgehead atoms. The van der Waals surface area contributed by atoms with Gasteiger partial charge in [-0.3, -0.25) is 9.58 Å². The number of hydrogen-bond acceptors (Lipinski definition) is 4. The van der Waals surface area contributed by atoms with Gasteiger partial charge in [-0.05, 0) is 26.8 Å². The molecular formula is C12H25N5. The van der Waals surface area contributed by atoms with Crippen molar-refractivity contribution in [2.75, 3.05) is 12.5 Å². The number of anilines is 1. The molecule has 0 aliphatic heterocycles. The Kier molecular flexibility index (Phi) is 4.96. The van der Waals surface area contributed by atoms with E-state index in [1.807, 2.05) is 14.0 Å². The number of rotatable bonds is 6. The molecule has 98 valence electrons. The second-order valence-corrected chi connectivity index (χ2v) is 4.57. The number of aromatic nitrogens is 2. The molecule has 0 fully saturated rings. The van der Waals surface area contributed by atoms with Crippen molar-refractivity contribution in [2.45, 2.75) is 46.2 Å². The Morgan fingerprint density at radius 1 is 1.41 bits per heavy atom. The van der Waals surface area contributed by atoms with E-state index < -0.39 is 0 Å². The van der Waals surface area contributed by atoms with E-state index in [4.69, 9.17) is 5.84 Å². The minimum Gasteiger partial charge on any atom is -0.308 e. The van der Waals surface area contributed by atoms with Crippen LogP contribution in [0.5, 0.6) is 0 Å². The minimum atomic E-state index is 0.611. The summed E-state index contributed by atoms with van der Waals surface area (Å²) in [6.07, 6.45) is 2.33. The predicted octanol–water partition coefficient (Wildman–Crippen LogP) is 1.63. The number of hydrogen-bond donors (Lipinski definition) is 2. The Bertz CT molecular complexity index is 354. The van der Waals surface area contributed by atoms with Crippen molar-refractivity contribution in [2.24, 2.45) is 12.9 Å². The molecular weight excluding hydrogens is 214 g/mol. The molecule has 3 N–H and O–H groups in total. The Labute approximate surface area is 104 Å². The lowest BCUT2D eigenvalue weighted by molar-refractivity contribution is 0.221. The summed E-state index contributed by atoms with van der Waals surface area (Å²) in [5.74, 6) is 6.46. The molecule has 0 aromatic carbocycles. The van der Waals surface area contributed by atoms with E-state index in [1.54, 1.807) is 4.68 Å². The van der Waals surface area contributed by atoms with E-state index in [2.05, 4.69) is 36.3 Å². The van der Waals surface area contributed by atoms with Crippen LogP contribution >= 0.6 is 0 Å². The van der Waals surface area contributed by atoms with Crippen molar-refractivity contribution in [3.05, 3.63) is 11.3 Å². The van der Waals surface area contributed by atoms with Crippen molar-refractivity contribution in [3.8, 4) is 0 Å². The summed E-state index contributed by atoms with van der Waals surface area (Å²) >= 11 is 0. The molecule has 1 rings (SSSR count). The normalized spacial score (nSPS) is 11.5. The van der Waals surface area contributed by atoms with Gasteiger partial charge in [0.05, 0.1) is 5.69 Å². The third-order valence-electron chi connectivity index (χ3n) is 3.46. The third-order valence-corrected chi connectivity index (χ3v) is 3.46. The first-order valence-corrected chi connectivity index (χ1v) is 6.24. The number of nitrogens with two attached hydrogens (primary N) is 1. The van der Waals surface area contributed by atoms with Gasteiger partial charge in [0.1, 0.15) is 5.82 Å². The molecule has 0 spiro atoms. The average molecular weight is 239 g/mol. The largest absolute Gasteiger partial charge is 0.308 e. The van der Waals surface area contributed by atoms with Crippen molar-refractivity contribution >= 4 is 5.82 Å². The quantitative estimate of drug-likeness (QED) is 0.585. The summed E-state index contributed by atoms with van der Waals surface area (Å²) in [4.78, 5) is 2.37. The average Bonchev–Trinajstić information content (AvgIpc) is 2.55. The van der Waals surface area contributed by atoms with Crippen LogP contribution in [-0.4, -0.2) is 27.8 Å². The molecule has 0 radical (unpaired) electrons. The van der Waals surface area contributed by atoms with Crippen molar-refractivity contribution in [1.29, 1.82) is 0 Å². The highest BCUT2D eigenvalue weighted by Crippen LogP contribution is 2.21. The molecule has 5 nitrogen and oxygen atoms in total. The molecule has 0 amide bonds. The summed E-state index contributed by atoms with van der Waals surface area (Å²) in [7, 11) is 4.06. The maximum atomic E-state index is 5.55. The molecule has 5 heteroatoms. The van der Waals surface area contributed by atoms with Gasteiger partial charge in [-0.2, -0.15) is 5.10 Å². The summed E-state index contributed by atoms with van der Waals surface area (Å²) < 4.78 is 1.80. The fourth-order valence-electron chi connectivity index (χ4n) is 2.36. The van der Waals surface area contributed by atoms with E-state index in [0.717, 1.165) is 30.9 Å². The van der Waals surface area contributed by atoms with Gasteiger partial charge >= 0.3 is 0 Å². The van der Waals surface area contributed by atoms with Crippen molar-refractivity contribution in [1.82, 2.24) is 14.7 Å². The van der Waals surface area contributed by atoms with Gasteiger partial charge in [-0.15, -0.1) is 0 Å². The molecule has 0 unspecified atom stereocenters. The van der Waals surface area contributed by atoms with Crippen LogP contribution in [0.2, 0.25) is 0 Å². The highest BCUT2D eigenvalue weighted by Gasteiger charge is 2.17. The van der Waals surface area contributed by atoms with Gasteiger partial charge in [0.25, 0.3) is 0 Å². The van der Waals surface area contributed by atoms with Gasteiger partial charge in [0, 0.05) is 25.2 Å². The molecule has 1 aromatic rings. The Balaban J connectivity index is 2.87. The Morgan fingerprint density at radius 3 is 2.47 bits per heavy atom. The number of nitrogens with zero attached hydrogens (tertiary/aromatic N) is 3. The van der Waals surface area contributed by atoms with Crippen LogP contribution in [0, 0.1) is 6.92 Å². The van der Waals surface area contributed by atoms with Gasteiger partial charge in [-0.1, -0.05) is 13.8 Å². The van der Waals surface area contributed by atoms with Crippen LogP contribution in [0.25, 0.3) is 0 Å². The number of hydrazine groups is 1. The van der Waals surface area contributed by atoms with Gasteiger partial charge < -0.3 is 5.43 Å². The minimum absolute atomic E-state index is 0.611. The standard InChI is InChI=1S/C12H25N5/c1-6-10(7-2)16(4)8-11-9(3)15-17(5)12(11)14-13/h10,14H,6-8,13H2,1-5H3. The van der Waals surface area contributed by atoms with Crippen LogP contribution in [-0.2, 0) is 13.6 Å². The van der Waals surface area contributed by atoms with Gasteiger partial charge in [0.15, 0.2) is 0 Å². The zero-order valence-corrected chi connectivity index (χ0v) is 11.6. The van der Waals surface area contributed by atoms with Gasteiger partial charge in [0.2, 0.25) is 0 Å². The lowest BCUT2D eigenvalue weighted by Crippen LogP contribution is -2.30. The topological polar surface area (TPSA) is 59.1 Å². The van der Waals surface area contributed by atoms with E-state index in [0.29, 0.717) is 6.04 Å². The predicted molar refractivity (Wildman–Crippen MR) is 71.6 cm³/mol. The first-order chi connectivity index (χ1) is 8.04. The summed E-state index contributed by atoms with van der Waals surface area (Å²) in [6.45, 7) is 7.36. The first kappa shape index (κ1) is 14.0. The second kappa shape index (κ2) is 6.02. The summed E-state index contributed by atoms with van der Waals surface area (Å²) in [5, 5.41) is 4.39. The lowest BCUT2D eigenvalue weighted by Gasteiger charge is -2.26. The Morgan fingerprint density at radius 2 is 2.00 bits per heavy atom. The fraction of sp³-hybridized carbons (Fsp3) is 0.750. The molecule has 0 aliphatic rings. The van der Waals surface area contributed by atoms with Crippen molar-refractivity contribution in [3.63, 3.8) is 0 Å². The maximum absolute atomic E-state index is 5.55. The summed E-state index contributed by atoms with van der Waals surface area (Å²) in [6, 6.07) is 0.611. The number of aryl methyl sites for hydroxylation is 2. The maximum Gasteiger partial charge on any atom is 0.142 e. The monoisotopic (exact) mass is 239 g/mol. The highest BCUT2D eigenvalue weighted by molar-refractivity contribution is 5.46. The number of nitrogen functional groups attached to an aromatic ring is 1. The van der Waals surface area contributed by atoms with E-state index in [1.165, 1.54) is 5.56 Å². The van der Waals surface area contributed by atoms with Crippen LogP contribution in [0.1, 0.15) is 37.9 Å². The molecule has 1 aromatic heterocycles. The molecule has 0 saturated carbocycles. The molecule has 0 atom stereocenters. The zero-order valence-electron chi connectivity index (χ0n) is 11.6. The molecule has 0 saturated heterocycles. The fourth-order valence-corrected chi connectivity index (χ4v) is 2.36. The zero-order chi connectivity index (χ0) is 13.0. The SMILES string of the molecule is CCC(CC)N(C)Cc1c(C)nn(C)c1NN. The molecule has 0 aliphatic carbocycles. The van der Waals surface area contributed by atoms with Crippen LogP contribution in [0.3, 0.4) is 0 Å². The smallest absolute Gasteiger partial charge is 0.142 e. The third kappa shape index (κ3) is 2.98. The summed E-state index contributed by atoms with van der Waals surface area (Å²) in [5.41, 5.74) is 4.96. The molecule has 1 heterocycles. The Hall–Kier alpha value is -1.07. The number of nitrogens with one attached hydrogen (secondary N) is 1. The van der Waals surface area contributed by atoms with Gasteiger partial charge in [-0.25, -0.2) is 5.84 Å². The first-order valence-electron chi connectivity index (χ1n) is 6.24. The lowest BCUT2D eigenvalue weighted by atomic mass is 10.1.